The van der Waals surface area contributed by atoms with Crippen LogP contribution in [0.4, 0.5) is 0 Å². The van der Waals surface area contributed by atoms with Crippen molar-refractivity contribution >= 4 is 28.7 Å². The van der Waals surface area contributed by atoms with E-state index in [9.17, 15) is 4.79 Å². The third-order valence-electron chi connectivity index (χ3n) is 3.55. The third-order valence-corrected chi connectivity index (χ3v) is 4.61. The van der Waals surface area contributed by atoms with Crippen LogP contribution in [0.2, 0.25) is 5.02 Å². The first kappa shape index (κ1) is 13.8. The number of benzene rings is 1. The molecular weight excluding hydrogens is 290 g/mol. The van der Waals surface area contributed by atoms with Crippen LogP contribution in [0.15, 0.2) is 41.1 Å². The van der Waals surface area contributed by atoms with Crippen LogP contribution in [0.5, 0.6) is 0 Å². The molecule has 0 radical (unpaired) electrons. The van der Waals surface area contributed by atoms with Gasteiger partial charge >= 0.3 is 0 Å². The Bertz CT molecular complexity index is 592. The van der Waals surface area contributed by atoms with Crippen molar-refractivity contribution < 1.29 is 4.79 Å². The maximum Gasteiger partial charge on any atom is 0.178 e. The molecule has 1 aliphatic carbocycles. The van der Waals surface area contributed by atoms with E-state index < -0.39 is 0 Å². The standard InChI is InChI=1S/C16H16ClNOS/c17-15-4-2-1-3-14(15)16(19)10-18(13-5-6-13)9-12-7-8-20-11-12/h1-4,7-8,11,13H,5-6,9-10H2. The molecule has 1 saturated carbocycles. The van der Waals surface area contributed by atoms with Gasteiger partial charge in [0.05, 0.1) is 11.6 Å². The van der Waals surface area contributed by atoms with Gasteiger partial charge < -0.3 is 0 Å². The highest BCUT2D eigenvalue weighted by Gasteiger charge is 2.30. The Balaban J connectivity index is 1.70. The highest BCUT2D eigenvalue weighted by atomic mass is 35.5. The zero-order chi connectivity index (χ0) is 13.9. The fraction of sp³-hybridized carbons (Fsp3) is 0.312. The van der Waals surface area contributed by atoms with Crippen LogP contribution in [-0.4, -0.2) is 23.3 Å². The molecule has 1 heterocycles. The fourth-order valence-corrected chi connectivity index (χ4v) is 3.23. The van der Waals surface area contributed by atoms with Crippen LogP contribution in [0, 0.1) is 0 Å². The van der Waals surface area contributed by atoms with Gasteiger partial charge in [0.15, 0.2) is 5.78 Å². The van der Waals surface area contributed by atoms with Gasteiger partial charge in [0.2, 0.25) is 0 Å². The van der Waals surface area contributed by atoms with Crippen LogP contribution in [0.25, 0.3) is 0 Å². The number of hydrogen-bond acceptors (Lipinski definition) is 3. The Morgan fingerprint density at radius 3 is 2.75 bits per heavy atom. The van der Waals surface area contributed by atoms with Crippen LogP contribution in [-0.2, 0) is 6.54 Å². The minimum atomic E-state index is 0.109. The number of carbonyl (C=O) groups is 1. The molecule has 0 aliphatic heterocycles. The second-order valence-corrected chi connectivity index (χ2v) is 6.36. The molecule has 2 aromatic rings. The molecule has 104 valence electrons. The molecule has 1 aromatic carbocycles. The van der Waals surface area contributed by atoms with Crippen LogP contribution in [0.3, 0.4) is 0 Å². The molecule has 2 nitrogen and oxygen atoms in total. The van der Waals surface area contributed by atoms with E-state index in [0.717, 1.165) is 6.54 Å². The molecule has 4 heteroatoms. The predicted octanol–water partition coefficient (Wildman–Crippen LogP) is 4.25. The van der Waals surface area contributed by atoms with Crippen molar-refractivity contribution in [3.63, 3.8) is 0 Å². The number of halogens is 1. The molecule has 3 rings (SSSR count). The monoisotopic (exact) mass is 305 g/mol. The number of hydrogen-bond donors (Lipinski definition) is 0. The maximum atomic E-state index is 12.4. The Morgan fingerprint density at radius 1 is 1.30 bits per heavy atom. The van der Waals surface area contributed by atoms with Crippen LogP contribution < -0.4 is 0 Å². The molecule has 0 amide bonds. The highest BCUT2D eigenvalue weighted by Crippen LogP contribution is 2.29. The summed E-state index contributed by atoms with van der Waals surface area (Å²) in [5.74, 6) is 0.109. The number of Topliss-reactive ketones (excluding diaryl/α,β-unsaturated/α-hetero) is 1. The summed E-state index contributed by atoms with van der Waals surface area (Å²) >= 11 is 7.80. The van der Waals surface area contributed by atoms with Crippen LogP contribution >= 0.6 is 22.9 Å². The summed E-state index contributed by atoms with van der Waals surface area (Å²) in [6.07, 6.45) is 2.39. The van der Waals surface area contributed by atoms with Gasteiger partial charge in [-0.25, -0.2) is 0 Å². The molecule has 0 bridgehead atoms. The van der Waals surface area contributed by atoms with E-state index in [1.54, 1.807) is 23.5 Å². The van der Waals surface area contributed by atoms with Gasteiger partial charge in [-0.3, -0.25) is 9.69 Å². The quantitative estimate of drug-likeness (QED) is 0.744. The summed E-state index contributed by atoms with van der Waals surface area (Å²) in [4.78, 5) is 14.7. The van der Waals surface area contributed by atoms with Gasteiger partial charge in [-0.05, 0) is 47.4 Å². The summed E-state index contributed by atoms with van der Waals surface area (Å²) in [6.45, 7) is 1.30. The molecule has 20 heavy (non-hydrogen) atoms. The van der Waals surface area contributed by atoms with Gasteiger partial charge in [-0.15, -0.1) is 0 Å². The van der Waals surface area contributed by atoms with E-state index in [2.05, 4.69) is 21.7 Å². The predicted molar refractivity (Wildman–Crippen MR) is 83.5 cm³/mol. The number of thiophene rings is 1. The van der Waals surface area contributed by atoms with Crippen molar-refractivity contribution in [2.75, 3.05) is 6.54 Å². The number of rotatable bonds is 6. The van der Waals surface area contributed by atoms with E-state index >= 15 is 0 Å². The lowest BCUT2D eigenvalue weighted by molar-refractivity contribution is 0.0919. The maximum absolute atomic E-state index is 12.4. The smallest absolute Gasteiger partial charge is 0.178 e. The van der Waals surface area contributed by atoms with Crippen molar-refractivity contribution in [1.82, 2.24) is 4.90 Å². The van der Waals surface area contributed by atoms with E-state index in [4.69, 9.17) is 11.6 Å². The minimum absolute atomic E-state index is 0.109. The first-order valence-corrected chi connectivity index (χ1v) is 8.09. The fourth-order valence-electron chi connectivity index (χ4n) is 2.33. The molecule has 0 saturated heterocycles. The lowest BCUT2D eigenvalue weighted by Gasteiger charge is -2.20. The van der Waals surface area contributed by atoms with E-state index in [1.807, 2.05) is 12.1 Å². The summed E-state index contributed by atoms with van der Waals surface area (Å²) in [6, 6.07) is 9.97. The zero-order valence-electron chi connectivity index (χ0n) is 11.1. The summed E-state index contributed by atoms with van der Waals surface area (Å²) in [5.41, 5.74) is 1.92. The molecule has 0 atom stereocenters. The Kier molecular flexibility index (Phi) is 4.20. The van der Waals surface area contributed by atoms with Gasteiger partial charge in [0.1, 0.15) is 0 Å². The van der Waals surface area contributed by atoms with Gasteiger partial charge in [0, 0.05) is 18.2 Å². The molecule has 0 spiro atoms. The highest BCUT2D eigenvalue weighted by molar-refractivity contribution is 7.07. The van der Waals surface area contributed by atoms with Crippen molar-refractivity contribution in [1.29, 1.82) is 0 Å². The molecule has 0 unspecified atom stereocenters. The Labute approximate surface area is 128 Å². The SMILES string of the molecule is O=C(CN(Cc1ccsc1)C1CC1)c1ccccc1Cl. The number of ketones is 1. The van der Waals surface area contributed by atoms with Crippen molar-refractivity contribution in [2.24, 2.45) is 0 Å². The average Bonchev–Trinajstić information content (AvgIpc) is 3.17. The molecule has 1 fully saturated rings. The average molecular weight is 306 g/mol. The Hall–Kier alpha value is -1.16. The van der Waals surface area contributed by atoms with E-state index in [-0.39, 0.29) is 5.78 Å². The first-order chi connectivity index (χ1) is 9.74. The molecule has 1 aliphatic rings. The minimum Gasteiger partial charge on any atom is -0.293 e. The van der Waals surface area contributed by atoms with Crippen molar-refractivity contribution in [3.05, 3.63) is 57.2 Å². The Morgan fingerprint density at radius 2 is 2.10 bits per heavy atom. The lowest BCUT2D eigenvalue weighted by Crippen LogP contribution is -2.31. The summed E-state index contributed by atoms with van der Waals surface area (Å²) in [7, 11) is 0. The second-order valence-electron chi connectivity index (χ2n) is 5.17. The molecular formula is C16H16ClNOS. The lowest BCUT2D eigenvalue weighted by atomic mass is 10.1. The second kappa shape index (κ2) is 6.08. The largest absolute Gasteiger partial charge is 0.293 e. The summed E-state index contributed by atoms with van der Waals surface area (Å²) < 4.78 is 0. The number of nitrogens with zero attached hydrogens (tertiary/aromatic N) is 1. The van der Waals surface area contributed by atoms with E-state index in [1.165, 1.54) is 18.4 Å². The summed E-state index contributed by atoms with van der Waals surface area (Å²) in [5, 5.41) is 4.77. The first-order valence-electron chi connectivity index (χ1n) is 6.77. The van der Waals surface area contributed by atoms with Gasteiger partial charge in [-0.2, -0.15) is 11.3 Å². The van der Waals surface area contributed by atoms with Crippen LogP contribution in [0.1, 0.15) is 28.8 Å². The van der Waals surface area contributed by atoms with Gasteiger partial charge in [-0.1, -0.05) is 23.7 Å². The van der Waals surface area contributed by atoms with E-state index in [0.29, 0.717) is 23.2 Å². The zero-order valence-corrected chi connectivity index (χ0v) is 12.7. The van der Waals surface area contributed by atoms with Crippen molar-refractivity contribution in [2.45, 2.75) is 25.4 Å². The van der Waals surface area contributed by atoms with Crippen molar-refractivity contribution in [3.8, 4) is 0 Å². The number of carbonyl (C=O) groups excluding carboxylic acids is 1. The van der Waals surface area contributed by atoms with Gasteiger partial charge in [0.25, 0.3) is 0 Å². The third kappa shape index (κ3) is 3.29. The normalized spacial score (nSPS) is 14.7. The molecule has 1 aromatic heterocycles. The molecule has 0 N–H and O–H groups in total. The topological polar surface area (TPSA) is 20.3 Å².